The second-order valence-corrected chi connectivity index (χ2v) is 8.03. The summed E-state index contributed by atoms with van der Waals surface area (Å²) in [4.78, 5) is 41.7. The van der Waals surface area contributed by atoms with E-state index in [0.717, 1.165) is 30.8 Å². The van der Waals surface area contributed by atoms with Gasteiger partial charge in [-0.1, -0.05) is 6.07 Å². The van der Waals surface area contributed by atoms with Gasteiger partial charge in [-0.25, -0.2) is 4.39 Å². The highest BCUT2D eigenvalue weighted by atomic mass is 32.2. The van der Waals surface area contributed by atoms with E-state index in [2.05, 4.69) is 5.32 Å². The van der Waals surface area contributed by atoms with E-state index >= 15 is 0 Å². The van der Waals surface area contributed by atoms with E-state index < -0.39 is 11.7 Å². The van der Waals surface area contributed by atoms with Crippen molar-refractivity contribution < 1.29 is 18.8 Å². The fraction of sp³-hybridized carbons (Fsp3) is 0.286. The van der Waals surface area contributed by atoms with Crippen LogP contribution in [-0.4, -0.2) is 48.0 Å². The van der Waals surface area contributed by atoms with Crippen molar-refractivity contribution in [1.29, 1.82) is 0 Å². The molecule has 4 rings (SSSR count). The molecule has 0 bridgehead atoms. The van der Waals surface area contributed by atoms with Gasteiger partial charge in [0.2, 0.25) is 11.8 Å². The van der Waals surface area contributed by atoms with E-state index in [9.17, 15) is 18.8 Å². The Balaban J connectivity index is 1.55. The van der Waals surface area contributed by atoms with E-state index in [1.165, 1.54) is 34.9 Å². The number of likely N-dealkylation sites (tertiary alicyclic amines) is 1. The second-order valence-electron chi connectivity index (χ2n) is 7.01. The average molecular weight is 413 g/mol. The minimum atomic E-state index is -0.455. The Morgan fingerprint density at radius 2 is 1.90 bits per heavy atom. The molecule has 2 aliphatic heterocycles. The van der Waals surface area contributed by atoms with E-state index in [-0.39, 0.29) is 24.1 Å². The highest BCUT2D eigenvalue weighted by molar-refractivity contribution is 8.00. The number of hydrogen-bond donors (Lipinski definition) is 1. The molecular weight excluding hydrogens is 393 g/mol. The Hall–Kier alpha value is -2.87. The first-order chi connectivity index (χ1) is 14.0. The van der Waals surface area contributed by atoms with Gasteiger partial charge in [-0.15, -0.1) is 11.8 Å². The Morgan fingerprint density at radius 3 is 2.66 bits per heavy atom. The number of benzene rings is 2. The minimum Gasteiger partial charge on any atom is -0.339 e. The highest BCUT2D eigenvalue weighted by Crippen LogP contribution is 2.36. The second kappa shape index (κ2) is 8.24. The number of rotatable bonds is 4. The maximum absolute atomic E-state index is 13.3. The van der Waals surface area contributed by atoms with E-state index in [4.69, 9.17) is 0 Å². The number of carbonyl (C=O) groups is 3. The molecular formula is C21H20FN3O3S. The van der Waals surface area contributed by atoms with Crippen molar-refractivity contribution >= 4 is 40.9 Å². The van der Waals surface area contributed by atoms with Crippen LogP contribution in [-0.2, 0) is 9.59 Å². The number of hydrogen-bond acceptors (Lipinski definition) is 4. The van der Waals surface area contributed by atoms with Crippen molar-refractivity contribution in [1.82, 2.24) is 4.90 Å². The molecule has 2 heterocycles. The summed E-state index contributed by atoms with van der Waals surface area (Å²) in [5, 5.41) is 2.61. The fourth-order valence-corrected chi connectivity index (χ4v) is 4.44. The van der Waals surface area contributed by atoms with Gasteiger partial charge in [-0.05, 0) is 49.2 Å². The first kappa shape index (κ1) is 19.4. The molecule has 0 radical (unpaired) electrons. The fourth-order valence-electron chi connectivity index (χ4n) is 3.52. The van der Waals surface area contributed by atoms with Crippen LogP contribution in [0.1, 0.15) is 23.2 Å². The first-order valence-electron chi connectivity index (χ1n) is 9.43. The van der Waals surface area contributed by atoms with Crippen molar-refractivity contribution in [2.24, 2.45) is 0 Å². The molecule has 6 nitrogen and oxygen atoms in total. The molecule has 1 saturated heterocycles. The van der Waals surface area contributed by atoms with Crippen molar-refractivity contribution in [2.45, 2.75) is 17.7 Å². The summed E-state index contributed by atoms with van der Waals surface area (Å²) in [5.41, 5.74) is 1.40. The van der Waals surface area contributed by atoms with Crippen molar-refractivity contribution in [3.63, 3.8) is 0 Å². The van der Waals surface area contributed by atoms with Crippen LogP contribution in [0.15, 0.2) is 47.4 Å². The third-order valence-electron chi connectivity index (χ3n) is 4.95. The largest absolute Gasteiger partial charge is 0.339 e. The number of anilines is 2. The number of amides is 3. The predicted octanol–water partition coefficient (Wildman–Crippen LogP) is 3.14. The summed E-state index contributed by atoms with van der Waals surface area (Å²) in [5.74, 6) is -0.929. The zero-order chi connectivity index (χ0) is 20.4. The Morgan fingerprint density at radius 1 is 1.10 bits per heavy atom. The van der Waals surface area contributed by atoms with Crippen LogP contribution in [0.2, 0.25) is 0 Å². The minimum absolute atomic E-state index is 0.0579. The van der Waals surface area contributed by atoms with Crippen LogP contribution < -0.4 is 10.2 Å². The zero-order valence-corrected chi connectivity index (χ0v) is 16.5. The van der Waals surface area contributed by atoms with Gasteiger partial charge in [0, 0.05) is 29.2 Å². The van der Waals surface area contributed by atoms with Gasteiger partial charge in [0.1, 0.15) is 12.4 Å². The molecule has 3 amide bonds. The lowest BCUT2D eigenvalue weighted by Gasteiger charge is -2.29. The lowest BCUT2D eigenvalue weighted by Crippen LogP contribution is -2.41. The third-order valence-corrected chi connectivity index (χ3v) is 6.00. The van der Waals surface area contributed by atoms with Crippen LogP contribution in [0.3, 0.4) is 0 Å². The Kier molecular flexibility index (Phi) is 5.53. The Bertz CT molecular complexity index is 975. The summed E-state index contributed by atoms with van der Waals surface area (Å²) >= 11 is 1.39. The van der Waals surface area contributed by atoms with Crippen molar-refractivity contribution in [3.05, 3.63) is 53.8 Å². The van der Waals surface area contributed by atoms with Gasteiger partial charge in [-0.3, -0.25) is 14.4 Å². The molecule has 2 aromatic carbocycles. The van der Waals surface area contributed by atoms with Gasteiger partial charge in [0.25, 0.3) is 5.91 Å². The predicted molar refractivity (Wildman–Crippen MR) is 110 cm³/mol. The molecule has 1 N–H and O–H groups in total. The molecule has 2 aromatic rings. The number of nitrogens with one attached hydrogen (secondary N) is 1. The smallest absolute Gasteiger partial charge is 0.253 e. The molecule has 0 saturated carbocycles. The zero-order valence-electron chi connectivity index (χ0n) is 15.7. The van der Waals surface area contributed by atoms with E-state index in [1.54, 1.807) is 23.1 Å². The quantitative estimate of drug-likeness (QED) is 0.836. The molecule has 8 heteroatoms. The monoisotopic (exact) mass is 413 g/mol. The maximum atomic E-state index is 13.3. The first-order valence-corrected chi connectivity index (χ1v) is 10.4. The molecule has 0 aromatic heterocycles. The summed E-state index contributed by atoms with van der Waals surface area (Å²) in [6.45, 7) is 1.27. The van der Waals surface area contributed by atoms with Gasteiger partial charge in [0.15, 0.2) is 0 Å². The normalized spacial score (nSPS) is 16.0. The number of thioether (sulfide) groups is 1. The topological polar surface area (TPSA) is 69.7 Å². The molecule has 0 atom stereocenters. The molecule has 29 heavy (non-hydrogen) atoms. The molecule has 2 aliphatic rings. The van der Waals surface area contributed by atoms with Gasteiger partial charge >= 0.3 is 0 Å². The molecule has 150 valence electrons. The van der Waals surface area contributed by atoms with E-state index in [0.29, 0.717) is 16.9 Å². The maximum Gasteiger partial charge on any atom is 0.253 e. The lowest BCUT2D eigenvalue weighted by atomic mass is 10.1. The van der Waals surface area contributed by atoms with Crippen LogP contribution in [0.5, 0.6) is 0 Å². The highest BCUT2D eigenvalue weighted by Gasteiger charge is 2.28. The molecule has 0 unspecified atom stereocenters. The van der Waals surface area contributed by atoms with Crippen LogP contribution >= 0.6 is 11.8 Å². The molecule has 0 aliphatic carbocycles. The van der Waals surface area contributed by atoms with Crippen LogP contribution in [0, 0.1) is 5.82 Å². The van der Waals surface area contributed by atoms with Gasteiger partial charge in [0.05, 0.1) is 11.4 Å². The van der Waals surface area contributed by atoms with Gasteiger partial charge < -0.3 is 15.1 Å². The SMILES string of the molecule is O=C(CN1C(=O)CSc2ccc(C(=O)N3CCCC3)cc21)Nc1cccc(F)c1. The van der Waals surface area contributed by atoms with Crippen molar-refractivity contribution in [3.8, 4) is 0 Å². The molecule has 1 fully saturated rings. The summed E-state index contributed by atoms with van der Waals surface area (Å²) in [6, 6.07) is 10.9. The number of fused-ring (bicyclic) bond motifs is 1. The average Bonchev–Trinajstić information content (AvgIpc) is 3.24. The van der Waals surface area contributed by atoms with Gasteiger partial charge in [-0.2, -0.15) is 0 Å². The number of nitrogens with zero attached hydrogens (tertiary/aromatic N) is 2. The molecule has 0 spiro atoms. The third kappa shape index (κ3) is 4.27. The Labute approximate surface area is 172 Å². The lowest BCUT2D eigenvalue weighted by molar-refractivity contribution is -0.120. The summed E-state index contributed by atoms with van der Waals surface area (Å²) in [6.07, 6.45) is 1.99. The number of halogens is 1. The standard InChI is InChI=1S/C21H20FN3O3S/c22-15-4-3-5-16(11-15)23-19(26)12-25-17-10-14(21(28)24-8-1-2-9-24)6-7-18(17)29-13-20(25)27/h3-7,10-11H,1-2,8-9,12-13H2,(H,23,26). The van der Waals surface area contributed by atoms with Crippen LogP contribution in [0.4, 0.5) is 15.8 Å². The number of carbonyl (C=O) groups excluding carboxylic acids is 3. The van der Waals surface area contributed by atoms with Crippen LogP contribution in [0.25, 0.3) is 0 Å². The van der Waals surface area contributed by atoms with E-state index in [1.807, 2.05) is 6.07 Å². The van der Waals surface area contributed by atoms with Crippen molar-refractivity contribution in [2.75, 3.05) is 35.6 Å². The summed E-state index contributed by atoms with van der Waals surface area (Å²) in [7, 11) is 0. The summed E-state index contributed by atoms with van der Waals surface area (Å²) < 4.78 is 13.3.